The van der Waals surface area contributed by atoms with Crippen molar-refractivity contribution < 1.29 is 4.79 Å². The highest BCUT2D eigenvalue weighted by molar-refractivity contribution is 5.77. The van der Waals surface area contributed by atoms with Gasteiger partial charge in [-0.15, -0.1) is 0 Å². The van der Waals surface area contributed by atoms with Crippen molar-refractivity contribution >= 4 is 6.29 Å². The van der Waals surface area contributed by atoms with Gasteiger partial charge in [-0.25, -0.2) is 0 Å². The minimum atomic E-state index is 0.460. The van der Waals surface area contributed by atoms with Gasteiger partial charge in [0.15, 0.2) is 6.29 Å². The van der Waals surface area contributed by atoms with Crippen LogP contribution in [0, 0.1) is 31.6 Å². The highest BCUT2D eigenvalue weighted by Crippen LogP contribution is 2.60. The summed E-state index contributed by atoms with van der Waals surface area (Å²) in [5, 5.41) is 0. The first-order valence-corrected chi connectivity index (χ1v) is 9.83. The van der Waals surface area contributed by atoms with E-state index in [-0.39, 0.29) is 0 Å². The van der Waals surface area contributed by atoms with Crippen molar-refractivity contribution in [2.24, 2.45) is 17.8 Å². The van der Waals surface area contributed by atoms with E-state index in [4.69, 9.17) is 0 Å². The van der Waals surface area contributed by atoms with Gasteiger partial charge in [-0.3, -0.25) is 4.79 Å². The van der Waals surface area contributed by atoms with E-state index < -0.39 is 0 Å². The van der Waals surface area contributed by atoms with Gasteiger partial charge >= 0.3 is 0 Å². The average Bonchev–Trinajstić information content (AvgIpc) is 2.87. The zero-order chi connectivity index (χ0) is 17.2. The lowest BCUT2D eigenvalue weighted by Gasteiger charge is -2.57. The molecule has 6 rings (SSSR count). The fraction of sp³-hybridized carbons (Fsp3) is 0.522. The lowest BCUT2D eigenvalue weighted by Crippen LogP contribution is -2.48. The number of carbonyl (C=O) groups is 1. The van der Waals surface area contributed by atoms with Gasteiger partial charge in [-0.1, -0.05) is 12.1 Å². The van der Waals surface area contributed by atoms with Crippen molar-refractivity contribution in [3.8, 4) is 5.69 Å². The summed E-state index contributed by atoms with van der Waals surface area (Å²) in [5.41, 5.74) is 6.16. The van der Waals surface area contributed by atoms with Crippen LogP contribution in [0.2, 0.25) is 0 Å². The number of aromatic nitrogens is 1. The summed E-state index contributed by atoms with van der Waals surface area (Å²) in [5.74, 6) is 2.94. The number of aldehydes is 1. The summed E-state index contributed by atoms with van der Waals surface area (Å²) < 4.78 is 2.20. The molecule has 0 spiro atoms. The molecule has 2 aromatic rings. The second-order valence-electron chi connectivity index (χ2n) is 9.02. The molecule has 0 unspecified atom stereocenters. The predicted octanol–water partition coefficient (Wildman–Crippen LogP) is 5.37. The van der Waals surface area contributed by atoms with Gasteiger partial charge in [-0.2, -0.15) is 0 Å². The van der Waals surface area contributed by atoms with Gasteiger partial charge in [0.1, 0.15) is 0 Å². The second kappa shape index (κ2) is 5.33. The van der Waals surface area contributed by atoms with Crippen LogP contribution in [0.1, 0.15) is 65.8 Å². The molecular weight excluding hydrogens is 306 g/mol. The summed E-state index contributed by atoms with van der Waals surface area (Å²) in [6.45, 7) is 4.11. The van der Waals surface area contributed by atoms with Gasteiger partial charge in [-0.05, 0) is 99.3 Å². The average molecular weight is 333 g/mol. The Labute approximate surface area is 150 Å². The van der Waals surface area contributed by atoms with E-state index in [1.54, 1.807) is 5.56 Å². The fourth-order valence-corrected chi connectivity index (χ4v) is 6.73. The third kappa shape index (κ3) is 2.26. The third-order valence-corrected chi connectivity index (χ3v) is 7.37. The van der Waals surface area contributed by atoms with Gasteiger partial charge in [0, 0.05) is 22.6 Å². The van der Waals surface area contributed by atoms with Crippen LogP contribution in [0.15, 0.2) is 30.3 Å². The van der Waals surface area contributed by atoms with Gasteiger partial charge in [0.05, 0.1) is 0 Å². The summed E-state index contributed by atoms with van der Waals surface area (Å²) >= 11 is 0. The number of hydrogen-bond donors (Lipinski definition) is 0. The quantitative estimate of drug-likeness (QED) is 0.692. The summed E-state index contributed by atoms with van der Waals surface area (Å²) in [6, 6.07) is 11.3. The zero-order valence-electron chi connectivity index (χ0n) is 15.3. The Bertz CT molecular complexity index is 791. The number of carbonyl (C=O) groups excluding carboxylic acids is 1. The molecule has 1 aromatic carbocycles. The zero-order valence-corrected chi connectivity index (χ0v) is 15.3. The lowest BCUT2D eigenvalue weighted by atomic mass is 9.48. The van der Waals surface area contributed by atoms with Crippen molar-refractivity contribution in [2.75, 3.05) is 0 Å². The van der Waals surface area contributed by atoms with Crippen molar-refractivity contribution in [1.82, 2.24) is 4.57 Å². The van der Waals surface area contributed by atoms with Crippen LogP contribution in [0.4, 0.5) is 0 Å². The summed E-state index contributed by atoms with van der Waals surface area (Å²) in [6.07, 6.45) is 9.68. The van der Waals surface area contributed by atoms with Crippen molar-refractivity contribution in [2.45, 2.75) is 57.8 Å². The van der Waals surface area contributed by atoms with Crippen molar-refractivity contribution in [1.29, 1.82) is 0 Å². The van der Waals surface area contributed by atoms with E-state index in [0.29, 0.717) is 5.41 Å². The Morgan fingerprint density at radius 1 is 0.960 bits per heavy atom. The van der Waals surface area contributed by atoms with Crippen LogP contribution >= 0.6 is 0 Å². The monoisotopic (exact) mass is 333 g/mol. The van der Waals surface area contributed by atoms with Crippen molar-refractivity contribution in [3.05, 3.63) is 52.8 Å². The maximum atomic E-state index is 11.2. The second-order valence-corrected chi connectivity index (χ2v) is 9.02. The SMILES string of the molecule is Cc1cc(C=O)c(C)n1-c1ccc(C23CC4CC(CC(C4)C2)C3)cc1. The number of rotatable bonds is 3. The molecule has 4 fully saturated rings. The summed E-state index contributed by atoms with van der Waals surface area (Å²) in [7, 11) is 0. The van der Waals surface area contributed by atoms with E-state index in [0.717, 1.165) is 41.0 Å². The Balaban J connectivity index is 1.50. The molecule has 2 nitrogen and oxygen atoms in total. The third-order valence-electron chi connectivity index (χ3n) is 7.37. The fourth-order valence-electron chi connectivity index (χ4n) is 6.73. The molecule has 0 amide bonds. The summed E-state index contributed by atoms with van der Waals surface area (Å²) in [4.78, 5) is 11.2. The molecule has 130 valence electrons. The molecule has 0 atom stereocenters. The highest BCUT2D eigenvalue weighted by Gasteiger charge is 2.51. The van der Waals surface area contributed by atoms with E-state index in [9.17, 15) is 4.79 Å². The molecule has 2 heteroatoms. The standard InChI is InChI=1S/C23H27NO/c1-15-7-20(14-25)16(2)24(15)22-5-3-21(4-6-22)23-11-17-8-18(12-23)10-19(9-17)13-23/h3-7,14,17-19H,8-13H2,1-2H3. The molecule has 4 aliphatic rings. The van der Waals surface area contributed by atoms with E-state index in [1.165, 1.54) is 44.2 Å². The predicted molar refractivity (Wildman–Crippen MR) is 100 cm³/mol. The molecule has 4 aliphatic carbocycles. The van der Waals surface area contributed by atoms with Gasteiger partial charge in [0.25, 0.3) is 0 Å². The van der Waals surface area contributed by atoms with E-state index >= 15 is 0 Å². The van der Waals surface area contributed by atoms with Gasteiger partial charge < -0.3 is 4.57 Å². The Kier molecular flexibility index (Phi) is 3.29. The van der Waals surface area contributed by atoms with E-state index in [1.807, 2.05) is 13.0 Å². The minimum Gasteiger partial charge on any atom is -0.318 e. The number of aryl methyl sites for hydroxylation is 1. The molecule has 25 heavy (non-hydrogen) atoms. The topological polar surface area (TPSA) is 22.0 Å². The number of benzene rings is 1. The largest absolute Gasteiger partial charge is 0.318 e. The van der Waals surface area contributed by atoms with Crippen LogP contribution in [0.5, 0.6) is 0 Å². The molecule has 0 saturated heterocycles. The molecule has 0 N–H and O–H groups in total. The molecule has 0 aliphatic heterocycles. The van der Waals surface area contributed by atoms with Gasteiger partial charge in [0.2, 0.25) is 0 Å². The first kappa shape index (κ1) is 15.4. The Morgan fingerprint density at radius 2 is 1.52 bits per heavy atom. The lowest BCUT2D eigenvalue weighted by molar-refractivity contribution is -0.00518. The highest BCUT2D eigenvalue weighted by atomic mass is 16.1. The normalized spacial score (nSPS) is 33.0. The number of nitrogens with zero attached hydrogens (tertiary/aromatic N) is 1. The maximum Gasteiger partial charge on any atom is 0.151 e. The van der Waals surface area contributed by atoms with Crippen molar-refractivity contribution in [3.63, 3.8) is 0 Å². The molecule has 1 aromatic heterocycles. The molecule has 1 heterocycles. The molecule has 4 bridgehead atoms. The van der Waals surface area contributed by atoms with Crippen LogP contribution in [-0.2, 0) is 5.41 Å². The molecule has 4 saturated carbocycles. The number of hydrogen-bond acceptors (Lipinski definition) is 1. The van der Waals surface area contributed by atoms with Crippen LogP contribution in [0.25, 0.3) is 5.69 Å². The molecular formula is C23H27NO. The Morgan fingerprint density at radius 3 is 2.00 bits per heavy atom. The van der Waals surface area contributed by atoms with Crippen LogP contribution in [-0.4, -0.2) is 10.9 Å². The minimum absolute atomic E-state index is 0.460. The van der Waals surface area contributed by atoms with Crippen LogP contribution in [0.3, 0.4) is 0 Å². The van der Waals surface area contributed by atoms with E-state index in [2.05, 4.69) is 35.8 Å². The smallest absolute Gasteiger partial charge is 0.151 e. The van der Waals surface area contributed by atoms with Crippen LogP contribution < -0.4 is 0 Å². The molecule has 0 radical (unpaired) electrons. The maximum absolute atomic E-state index is 11.2. The first-order chi connectivity index (χ1) is 12.1. The Hall–Kier alpha value is -1.83. The first-order valence-electron chi connectivity index (χ1n) is 9.83.